The first-order valence-corrected chi connectivity index (χ1v) is 11.6. The molecular weight excluding hydrogens is 479 g/mol. The van der Waals surface area contributed by atoms with E-state index in [0.717, 1.165) is 36.3 Å². The molecule has 2 aliphatic rings. The zero-order valence-electron chi connectivity index (χ0n) is 17.9. The van der Waals surface area contributed by atoms with E-state index < -0.39 is 24.5 Å². The van der Waals surface area contributed by atoms with Crippen molar-refractivity contribution in [1.82, 2.24) is 5.01 Å². The Morgan fingerprint density at radius 1 is 1.15 bits per heavy atom. The van der Waals surface area contributed by atoms with E-state index in [1.807, 2.05) is 24.3 Å². The summed E-state index contributed by atoms with van der Waals surface area (Å²) in [5, 5.41) is 6.58. The van der Waals surface area contributed by atoms with E-state index in [4.69, 9.17) is 36.8 Å². The van der Waals surface area contributed by atoms with Gasteiger partial charge in [0.05, 0.1) is 28.8 Å². The van der Waals surface area contributed by atoms with Crippen LogP contribution in [-0.4, -0.2) is 29.2 Å². The van der Waals surface area contributed by atoms with E-state index in [0.29, 0.717) is 10.8 Å². The van der Waals surface area contributed by atoms with E-state index in [2.05, 4.69) is 5.10 Å². The lowest BCUT2D eigenvalue weighted by Gasteiger charge is -2.27. The fourth-order valence-corrected chi connectivity index (χ4v) is 4.78. The second-order valence-electron chi connectivity index (χ2n) is 8.07. The monoisotopic (exact) mass is 498 g/mol. The van der Waals surface area contributed by atoms with E-state index in [1.165, 1.54) is 17.1 Å². The molecular formula is C25H20Cl2N2O5. The van der Waals surface area contributed by atoms with Gasteiger partial charge in [-0.3, -0.25) is 4.79 Å². The van der Waals surface area contributed by atoms with E-state index in [-0.39, 0.29) is 16.5 Å². The number of rotatable bonds is 5. The quantitative estimate of drug-likeness (QED) is 0.393. The summed E-state index contributed by atoms with van der Waals surface area (Å²) in [6.07, 6.45) is 7.76. The van der Waals surface area contributed by atoms with Crippen molar-refractivity contribution in [2.24, 2.45) is 11.0 Å². The summed E-state index contributed by atoms with van der Waals surface area (Å²) in [6, 6.07) is 11.3. The number of fused-ring (bicyclic) bond motifs is 1. The Morgan fingerprint density at radius 2 is 1.97 bits per heavy atom. The fourth-order valence-electron chi connectivity index (χ4n) is 4.42. The number of ether oxygens (including phenoxy) is 1. The van der Waals surface area contributed by atoms with Gasteiger partial charge in [-0.1, -0.05) is 23.2 Å². The highest BCUT2D eigenvalue weighted by Crippen LogP contribution is 2.44. The molecule has 3 heterocycles. The van der Waals surface area contributed by atoms with Crippen LogP contribution >= 0.6 is 23.2 Å². The number of hydrogen-bond donors (Lipinski definition) is 0. The minimum Gasteiger partial charge on any atom is -0.467 e. The summed E-state index contributed by atoms with van der Waals surface area (Å²) < 4.78 is 16.4. The third kappa shape index (κ3) is 4.41. The highest BCUT2D eigenvalue weighted by molar-refractivity contribution is 6.35. The Morgan fingerprint density at radius 3 is 2.74 bits per heavy atom. The van der Waals surface area contributed by atoms with Gasteiger partial charge in [0, 0.05) is 10.9 Å². The molecule has 174 valence electrons. The molecule has 1 aromatic carbocycles. The number of nitrogens with zero attached hydrogens (tertiary/aromatic N) is 2. The smallest absolute Gasteiger partial charge is 0.340 e. The van der Waals surface area contributed by atoms with Gasteiger partial charge in [0.1, 0.15) is 17.6 Å². The maximum atomic E-state index is 13.2. The molecule has 1 fully saturated rings. The van der Waals surface area contributed by atoms with Crippen LogP contribution in [0.5, 0.6) is 0 Å². The van der Waals surface area contributed by atoms with Gasteiger partial charge in [0.2, 0.25) is 0 Å². The van der Waals surface area contributed by atoms with Crippen LogP contribution in [0.15, 0.2) is 74.5 Å². The largest absolute Gasteiger partial charge is 0.467 e. The van der Waals surface area contributed by atoms with Crippen LogP contribution in [0.3, 0.4) is 0 Å². The molecule has 1 aliphatic carbocycles. The molecule has 0 spiro atoms. The number of benzene rings is 1. The minimum atomic E-state index is -0.738. The maximum absolute atomic E-state index is 13.2. The zero-order chi connectivity index (χ0) is 23.7. The second-order valence-corrected chi connectivity index (χ2v) is 8.91. The average Bonchev–Trinajstić information content (AvgIpc) is 3.59. The van der Waals surface area contributed by atoms with Crippen LogP contribution in [0.2, 0.25) is 10.0 Å². The second kappa shape index (κ2) is 9.52. The molecule has 0 saturated heterocycles. The van der Waals surface area contributed by atoms with Gasteiger partial charge in [0.15, 0.2) is 6.61 Å². The molecule has 7 nitrogen and oxygen atoms in total. The van der Waals surface area contributed by atoms with Crippen LogP contribution in [0, 0.1) is 5.92 Å². The first-order chi connectivity index (χ1) is 16.5. The molecule has 2 unspecified atom stereocenters. The molecule has 2 aromatic heterocycles. The third-order valence-electron chi connectivity index (χ3n) is 5.93. The van der Waals surface area contributed by atoms with Gasteiger partial charge in [-0.05, 0) is 73.4 Å². The average molecular weight is 499 g/mol. The Labute approximate surface area is 205 Å². The maximum Gasteiger partial charge on any atom is 0.340 e. The Kier molecular flexibility index (Phi) is 6.30. The molecule has 5 rings (SSSR count). The van der Waals surface area contributed by atoms with E-state index in [9.17, 15) is 9.59 Å². The van der Waals surface area contributed by atoms with Crippen molar-refractivity contribution in [2.45, 2.75) is 25.3 Å². The van der Waals surface area contributed by atoms with Crippen molar-refractivity contribution in [1.29, 1.82) is 0 Å². The van der Waals surface area contributed by atoms with E-state index >= 15 is 0 Å². The molecule has 0 N–H and O–H groups in total. The first kappa shape index (κ1) is 22.5. The topological polar surface area (TPSA) is 85.3 Å². The van der Waals surface area contributed by atoms with Gasteiger partial charge in [-0.2, -0.15) is 5.10 Å². The zero-order valence-corrected chi connectivity index (χ0v) is 19.5. The third-order valence-corrected chi connectivity index (χ3v) is 6.49. The minimum absolute atomic E-state index is 0.0388. The Balaban J connectivity index is 1.40. The van der Waals surface area contributed by atoms with Gasteiger partial charge in [0.25, 0.3) is 5.91 Å². The molecule has 2 atom stereocenters. The summed E-state index contributed by atoms with van der Waals surface area (Å²) in [4.78, 5) is 25.7. The molecule has 0 radical (unpaired) electrons. The lowest BCUT2D eigenvalue weighted by atomic mass is 9.79. The molecule has 9 heteroatoms. The number of furan rings is 2. The van der Waals surface area contributed by atoms with Crippen LogP contribution in [0.4, 0.5) is 0 Å². The van der Waals surface area contributed by atoms with Crippen molar-refractivity contribution in [3.63, 3.8) is 0 Å². The summed E-state index contributed by atoms with van der Waals surface area (Å²) in [6.45, 7) is -0.500. The summed E-state index contributed by atoms with van der Waals surface area (Å²) in [5.74, 6) is 0.110. The van der Waals surface area contributed by atoms with Gasteiger partial charge in [-0.25, -0.2) is 9.80 Å². The molecule has 34 heavy (non-hydrogen) atoms. The normalized spacial score (nSPS) is 20.8. The SMILES string of the molecule is O=C(OCC(=O)N1N=C2C(=Cc3ccco3)CCCC2C1c1ccco1)c1cc(Cl)ccc1Cl. The Bertz CT molecular complexity index is 1260. The molecule has 1 saturated carbocycles. The van der Waals surface area contributed by atoms with Crippen molar-refractivity contribution < 1.29 is 23.2 Å². The summed E-state index contributed by atoms with van der Waals surface area (Å²) >= 11 is 12.0. The number of carbonyl (C=O) groups excluding carboxylic acids is 2. The van der Waals surface area contributed by atoms with Gasteiger partial charge >= 0.3 is 5.97 Å². The number of esters is 1. The van der Waals surface area contributed by atoms with Crippen LogP contribution in [0.1, 0.15) is 47.2 Å². The van der Waals surface area contributed by atoms with Crippen molar-refractivity contribution in [3.05, 3.63) is 87.7 Å². The van der Waals surface area contributed by atoms with Crippen molar-refractivity contribution in [3.8, 4) is 0 Å². The highest BCUT2D eigenvalue weighted by Gasteiger charge is 2.45. The molecule has 3 aromatic rings. The number of hydrazone groups is 1. The molecule has 1 amide bonds. The van der Waals surface area contributed by atoms with Crippen LogP contribution < -0.4 is 0 Å². The summed E-state index contributed by atoms with van der Waals surface area (Å²) in [5.41, 5.74) is 1.93. The van der Waals surface area contributed by atoms with E-state index in [1.54, 1.807) is 24.7 Å². The number of carbonyl (C=O) groups is 2. The summed E-state index contributed by atoms with van der Waals surface area (Å²) in [7, 11) is 0. The number of allylic oxidation sites excluding steroid dienone is 1. The predicted molar refractivity (Wildman–Crippen MR) is 127 cm³/mol. The first-order valence-electron chi connectivity index (χ1n) is 10.8. The predicted octanol–water partition coefficient (Wildman–Crippen LogP) is 6.16. The lowest BCUT2D eigenvalue weighted by Crippen LogP contribution is -2.34. The highest BCUT2D eigenvalue weighted by atomic mass is 35.5. The number of amides is 1. The molecule has 0 bridgehead atoms. The van der Waals surface area contributed by atoms with Crippen molar-refractivity contribution in [2.75, 3.05) is 6.61 Å². The molecule has 1 aliphatic heterocycles. The van der Waals surface area contributed by atoms with Crippen LogP contribution in [0.25, 0.3) is 6.08 Å². The Hall–Kier alpha value is -3.29. The van der Waals surface area contributed by atoms with Gasteiger partial charge < -0.3 is 13.6 Å². The standard InChI is InChI=1S/C25H20Cl2N2O5/c26-16-8-9-20(27)19(13-16)25(31)34-14-22(30)29-24(21-7-3-11-33-21)18-6-1-4-15(23(18)28-29)12-17-5-2-10-32-17/h2-3,5,7-13,18,24H,1,4,6,14H2. The van der Waals surface area contributed by atoms with Crippen molar-refractivity contribution >= 4 is 46.9 Å². The number of halogens is 2. The van der Waals surface area contributed by atoms with Gasteiger partial charge in [-0.15, -0.1) is 0 Å². The van der Waals surface area contributed by atoms with Crippen LogP contribution in [-0.2, 0) is 9.53 Å². The number of hydrogen-bond acceptors (Lipinski definition) is 6. The lowest BCUT2D eigenvalue weighted by molar-refractivity contribution is -0.137. The fraction of sp³-hybridized carbons (Fsp3) is 0.240.